The molecule has 0 radical (unpaired) electrons. The summed E-state index contributed by atoms with van der Waals surface area (Å²) in [5.41, 5.74) is 0.886. The maximum absolute atomic E-state index is 12.1. The molecule has 1 aliphatic heterocycles. The molecular weight excluding hydrogens is 244 g/mol. The van der Waals surface area contributed by atoms with Crippen molar-refractivity contribution in [1.29, 1.82) is 0 Å². The number of carbonyl (C=O) groups excluding carboxylic acids is 1. The number of nitro benzene ring substituents is 1. The van der Waals surface area contributed by atoms with Crippen molar-refractivity contribution in [3.05, 3.63) is 39.9 Å². The van der Waals surface area contributed by atoms with Gasteiger partial charge in [-0.15, -0.1) is 0 Å². The van der Waals surface area contributed by atoms with Crippen molar-refractivity contribution in [2.75, 3.05) is 13.1 Å². The molecule has 1 heterocycles. The van der Waals surface area contributed by atoms with Gasteiger partial charge in [-0.1, -0.05) is 19.1 Å². The summed E-state index contributed by atoms with van der Waals surface area (Å²) in [4.78, 5) is 24.1. The molecule has 1 amide bonds. The second kappa shape index (κ2) is 5.82. The molecule has 0 aliphatic carbocycles. The summed E-state index contributed by atoms with van der Waals surface area (Å²) >= 11 is 0. The minimum Gasteiger partial charge on any atom is -0.342 e. The molecule has 5 heteroatoms. The molecule has 102 valence electrons. The predicted molar refractivity (Wildman–Crippen MR) is 71.8 cm³/mol. The largest absolute Gasteiger partial charge is 0.342 e. The molecule has 1 unspecified atom stereocenters. The molecule has 0 bridgehead atoms. The summed E-state index contributed by atoms with van der Waals surface area (Å²) in [6.07, 6.45) is 2.57. The van der Waals surface area contributed by atoms with Gasteiger partial charge in [-0.05, 0) is 24.3 Å². The molecule has 1 atom stereocenters. The van der Waals surface area contributed by atoms with Crippen molar-refractivity contribution in [1.82, 2.24) is 4.90 Å². The van der Waals surface area contributed by atoms with Gasteiger partial charge < -0.3 is 4.90 Å². The van der Waals surface area contributed by atoms with E-state index in [-0.39, 0.29) is 11.6 Å². The van der Waals surface area contributed by atoms with E-state index in [0.717, 1.165) is 25.1 Å². The van der Waals surface area contributed by atoms with Crippen molar-refractivity contribution in [3.63, 3.8) is 0 Å². The zero-order valence-corrected chi connectivity index (χ0v) is 11.0. The fourth-order valence-electron chi connectivity index (χ4n) is 2.44. The molecule has 1 aromatic carbocycles. The Morgan fingerprint density at radius 2 is 2.11 bits per heavy atom. The molecule has 0 N–H and O–H groups in total. The van der Waals surface area contributed by atoms with Gasteiger partial charge in [0.2, 0.25) is 5.91 Å². The number of hydrogen-bond acceptors (Lipinski definition) is 3. The fraction of sp³-hybridized carbons (Fsp3) is 0.500. The van der Waals surface area contributed by atoms with Crippen LogP contribution in [0.15, 0.2) is 24.3 Å². The lowest BCUT2D eigenvalue weighted by molar-refractivity contribution is -0.384. The SMILES string of the molecule is CC1CCCN(C(=O)Cc2ccc([N+](=O)[O-])cc2)C1. The summed E-state index contributed by atoms with van der Waals surface area (Å²) in [6.45, 7) is 3.81. The molecule has 0 spiro atoms. The molecule has 1 saturated heterocycles. The molecule has 2 rings (SSSR count). The van der Waals surface area contributed by atoms with Crippen molar-refractivity contribution >= 4 is 11.6 Å². The standard InChI is InChI=1S/C14H18N2O3/c1-11-3-2-8-15(10-11)14(17)9-12-4-6-13(7-5-12)16(18)19/h4-7,11H,2-3,8-10H2,1H3. The molecule has 0 saturated carbocycles. The van der Waals surface area contributed by atoms with E-state index in [0.29, 0.717) is 12.3 Å². The van der Waals surface area contributed by atoms with E-state index in [2.05, 4.69) is 6.92 Å². The first-order valence-corrected chi connectivity index (χ1v) is 6.57. The van der Waals surface area contributed by atoms with Crippen LogP contribution in [0.2, 0.25) is 0 Å². The van der Waals surface area contributed by atoms with Gasteiger partial charge >= 0.3 is 0 Å². The number of amides is 1. The molecule has 19 heavy (non-hydrogen) atoms. The molecule has 1 fully saturated rings. The molecule has 1 aliphatic rings. The number of nitrogens with zero attached hydrogens (tertiary/aromatic N) is 2. The highest BCUT2D eigenvalue weighted by Gasteiger charge is 2.20. The van der Waals surface area contributed by atoms with E-state index in [4.69, 9.17) is 0 Å². The number of piperidine rings is 1. The molecule has 5 nitrogen and oxygen atoms in total. The first-order chi connectivity index (χ1) is 9.06. The fourth-order valence-corrected chi connectivity index (χ4v) is 2.44. The van der Waals surface area contributed by atoms with Gasteiger partial charge in [0.15, 0.2) is 0 Å². The minimum absolute atomic E-state index is 0.0581. The predicted octanol–water partition coefficient (Wildman–Crippen LogP) is 2.40. The monoisotopic (exact) mass is 262 g/mol. The summed E-state index contributed by atoms with van der Waals surface area (Å²) in [5.74, 6) is 0.676. The average molecular weight is 262 g/mol. The Morgan fingerprint density at radius 1 is 1.42 bits per heavy atom. The first-order valence-electron chi connectivity index (χ1n) is 6.57. The van der Waals surface area contributed by atoms with E-state index in [1.165, 1.54) is 18.6 Å². The van der Waals surface area contributed by atoms with Crippen LogP contribution in [-0.4, -0.2) is 28.8 Å². The Hall–Kier alpha value is -1.91. The maximum atomic E-state index is 12.1. The molecular formula is C14H18N2O3. The highest BCUT2D eigenvalue weighted by molar-refractivity contribution is 5.79. The van der Waals surface area contributed by atoms with Gasteiger partial charge in [0, 0.05) is 25.2 Å². The summed E-state index contributed by atoms with van der Waals surface area (Å²) in [7, 11) is 0. The van der Waals surface area contributed by atoms with E-state index >= 15 is 0 Å². The maximum Gasteiger partial charge on any atom is 0.269 e. The van der Waals surface area contributed by atoms with Crippen LogP contribution in [0.1, 0.15) is 25.3 Å². The summed E-state index contributed by atoms with van der Waals surface area (Å²) < 4.78 is 0. The van der Waals surface area contributed by atoms with Gasteiger partial charge in [0.05, 0.1) is 11.3 Å². The Kier molecular flexibility index (Phi) is 4.14. The van der Waals surface area contributed by atoms with Gasteiger partial charge in [0.1, 0.15) is 0 Å². The Labute approximate surface area is 112 Å². The van der Waals surface area contributed by atoms with Crippen molar-refractivity contribution in [2.24, 2.45) is 5.92 Å². The highest BCUT2D eigenvalue weighted by Crippen LogP contribution is 2.17. The molecule has 0 aromatic heterocycles. The lowest BCUT2D eigenvalue weighted by atomic mass is 9.99. The van der Waals surface area contributed by atoms with E-state index in [9.17, 15) is 14.9 Å². The topological polar surface area (TPSA) is 63.5 Å². The normalized spacial score (nSPS) is 19.2. The third-order valence-corrected chi connectivity index (χ3v) is 3.51. The Morgan fingerprint density at radius 3 is 2.68 bits per heavy atom. The second-order valence-electron chi connectivity index (χ2n) is 5.19. The third kappa shape index (κ3) is 3.53. The summed E-state index contributed by atoms with van der Waals surface area (Å²) in [5, 5.41) is 10.5. The number of nitro groups is 1. The van der Waals surface area contributed by atoms with Crippen LogP contribution in [0.3, 0.4) is 0 Å². The number of hydrogen-bond donors (Lipinski definition) is 0. The number of benzene rings is 1. The van der Waals surface area contributed by atoms with Crippen LogP contribution >= 0.6 is 0 Å². The number of non-ortho nitro benzene ring substituents is 1. The summed E-state index contributed by atoms with van der Waals surface area (Å²) in [6, 6.07) is 6.20. The zero-order valence-electron chi connectivity index (χ0n) is 11.0. The van der Waals surface area contributed by atoms with E-state index in [1.54, 1.807) is 12.1 Å². The molecule has 1 aromatic rings. The van der Waals surface area contributed by atoms with Crippen LogP contribution in [0, 0.1) is 16.0 Å². The zero-order chi connectivity index (χ0) is 13.8. The van der Waals surface area contributed by atoms with Gasteiger partial charge in [-0.3, -0.25) is 14.9 Å². The van der Waals surface area contributed by atoms with Crippen LogP contribution in [0.25, 0.3) is 0 Å². The number of rotatable bonds is 3. The van der Waals surface area contributed by atoms with Crippen LogP contribution in [-0.2, 0) is 11.2 Å². The Bertz CT molecular complexity index is 470. The van der Waals surface area contributed by atoms with Gasteiger partial charge in [-0.25, -0.2) is 0 Å². The van der Waals surface area contributed by atoms with Crippen LogP contribution < -0.4 is 0 Å². The first kappa shape index (κ1) is 13.5. The van der Waals surface area contributed by atoms with E-state index < -0.39 is 4.92 Å². The highest BCUT2D eigenvalue weighted by atomic mass is 16.6. The number of likely N-dealkylation sites (tertiary alicyclic amines) is 1. The van der Waals surface area contributed by atoms with Crippen molar-refractivity contribution in [3.8, 4) is 0 Å². The second-order valence-corrected chi connectivity index (χ2v) is 5.19. The lowest BCUT2D eigenvalue weighted by Crippen LogP contribution is -2.39. The van der Waals surface area contributed by atoms with Crippen LogP contribution in [0.5, 0.6) is 0 Å². The number of carbonyl (C=O) groups is 1. The lowest BCUT2D eigenvalue weighted by Gasteiger charge is -2.31. The quantitative estimate of drug-likeness (QED) is 0.620. The van der Waals surface area contributed by atoms with Gasteiger partial charge in [-0.2, -0.15) is 0 Å². The minimum atomic E-state index is -0.433. The Balaban J connectivity index is 1.96. The average Bonchev–Trinajstić information content (AvgIpc) is 2.39. The van der Waals surface area contributed by atoms with E-state index in [1.807, 2.05) is 4.90 Å². The van der Waals surface area contributed by atoms with Crippen molar-refractivity contribution < 1.29 is 9.72 Å². The third-order valence-electron chi connectivity index (χ3n) is 3.51. The van der Waals surface area contributed by atoms with Crippen molar-refractivity contribution in [2.45, 2.75) is 26.2 Å². The van der Waals surface area contributed by atoms with Crippen LogP contribution in [0.4, 0.5) is 5.69 Å². The van der Waals surface area contributed by atoms with Gasteiger partial charge in [0.25, 0.3) is 5.69 Å². The smallest absolute Gasteiger partial charge is 0.269 e.